The summed E-state index contributed by atoms with van der Waals surface area (Å²) in [7, 11) is 0. The molecule has 0 atom stereocenters. The van der Waals surface area contributed by atoms with Gasteiger partial charge in [-0.2, -0.15) is 0 Å². The summed E-state index contributed by atoms with van der Waals surface area (Å²) in [6, 6.07) is 0. The lowest BCUT2D eigenvalue weighted by atomic mass is 9.90. The Kier molecular flexibility index (Phi) is 28.2. The number of hydrogen-bond acceptors (Lipinski definition) is 22. The van der Waals surface area contributed by atoms with Gasteiger partial charge in [-0.05, 0) is 104 Å². The lowest BCUT2D eigenvalue weighted by Crippen LogP contribution is -2.47. The molecule has 0 spiro atoms. The number of carbonyl (C=O) groups excluding carboxylic acids is 11. The molecule has 0 heterocycles. The molecule has 0 saturated heterocycles. The lowest BCUT2D eigenvalue weighted by Gasteiger charge is -2.32. The number of carbonyl (C=O) groups is 11. The quantitative estimate of drug-likeness (QED) is 0.0487. The van der Waals surface area contributed by atoms with Gasteiger partial charge in [0.2, 0.25) is 0 Å². The minimum absolute atomic E-state index is 0.226. The van der Waals surface area contributed by atoms with Gasteiger partial charge in [-0.1, -0.05) is 5.92 Å². The Morgan fingerprint density at radius 2 is 0.526 bits per heavy atom. The molecule has 0 aliphatic carbocycles. The SMILES string of the molecule is C#CCOC(=O)C(C)(COC(=O)C(C)(COC(=O)CCNC(=O)OC(C)(C)C)COC(=O)CCNC(=O)OC(C)(C)C)COC(=O)C(C)(COC(=O)CCNC(=O)OC(C)(C)C)COC(=O)CCNC(=O)OC(C)(C)C. The Morgan fingerprint density at radius 3 is 0.724 bits per heavy atom. The highest BCUT2D eigenvalue weighted by molar-refractivity contribution is 5.82. The fourth-order valence-electron chi connectivity index (χ4n) is 5.13. The van der Waals surface area contributed by atoms with E-state index in [0.29, 0.717) is 0 Å². The molecule has 26 nitrogen and oxygen atoms in total. The molecule has 0 fully saturated rings. The van der Waals surface area contributed by atoms with Crippen LogP contribution in [0.5, 0.6) is 0 Å². The molecule has 0 aliphatic rings. The number of terminal acetylenes is 1. The molecule has 76 heavy (non-hydrogen) atoms. The number of amides is 4. The molecule has 26 heteroatoms. The summed E-state index contributed by atoms with van der Waals surface area (Å²) in [5, 5.41) is 9.55. The first kappa shape index (κ1) is 68.9. The number of alkyl carbamates (subject to hydrolysis) is 4. The predicted molar refractivity (Wildman–Crippen MR) is 265 cm³/mol. The fourth-order valence-corrected chi connectivity index (χ4v) is 5.13. The second kappa shape index (κ2) is 31.1. The predicted octanol–water partition coefficient (Wildman–Crippen LogP) is 4.10. The molecular formula is C50H80N4O22. The van der Waals surface area contributed by atoms with Crippen molar-refractivity contribution in [2.45, 2.75) is 152 Å². The second-order valence-electron chi connectivity index (χ2n) is 22.0. The maximum Gasteiger partial charge on any atom is 0.407 e. The van der Waals surface area contributed by atoms with E-state index >= 15 is 0 Å². The van der Waals surface area contributed by atoms with Gasteiger partial charge in [0, 0.05) is 26.2 Å². The van der Waals surface area contributed by atoms with Gasteiger partial charge in [-0.25, -0.2) is 19.2 Å². The molecule has 0 aromatic rings. The zero-order valence-electron chi connectivity index (χ0n) is 46.7. The molecule has 4 N–H and O–H groups in total. The Bertz CT molecular complexity index is 1830. The average Bonchev–Trinajstić information content (AvgIpc) is 3.26. The molecule has 0 aromatic heterocycles. The monoisotopic (exact) mass is 1090 g/mol. The van der Waals surface area contributed by atoms with Crippen LogP contribution in [0.1, 0.15) is 130 Å². The van der Waals surface area contributed by atoms with E-state index in [-0.39, 0.29) is 51.9 Å². The van der Waals surface area contributed by atoms with E-state index in [2.05, 4.69) is 27.2 Å². The van der Waals surface area contributed by atoms with E-state index in [4.69, 9.17) is 58.5 Å². The van der Waals surface area contributed by atoms with Crippen molar-refractivity contribution in [1.82, 2.24) is 21.3 Å². The number of hydrogen-bond donors (Lipinski definition) is 4. The van der Waals surface area contributed by atoms with Crippen molar-refractivity contribution < 1.29 is 105 Å². The first-order valence-electron chi connectivity index (χ1n) is 24.2. The fraction of sp³-hybridized carbons (Fsp3) is 0.740. The van der Waals surface area contributed by atoms with E-state index in [9.17, 15) is 52.7 Å². The van der Waals surface area contributed by atoms with Crippen molar-refractivity contribution in [3.63, 3.8) is 0 Å². The Hall–Kier alpha value is -7.07. The maximum atomic E-state index is 14.0. The number of rotatable bonds is 28. The second-order valence-corrected chi connectivity index (χ2v) is 22.0. The van der Waals surface area contributed by atoms with Crippen LogP contribution in [0.4, 0.5) is 19.2 Å². The summed E-state index contributed by atoms with van der Waals surface area (Å²) in [4.78, 5) is 141. The summed E-state index contributed by atoms with van der Waals surface area (Å²) in [6.07, 6.45) is 0.518. The molecule has 0 rings (SSSR count). The van der Waals surface area contributed by atoms with Crippen LogP contribution in [0, 0.1) is 28.6 Å². The summed E-state index contributed by atoms with van der Waals surface area (Å²) in [6.45, 7) is 16.8. The molecule has 0 radical (unpaired) electrons. The van der Waals surface area contributed by atoms with Gasteiger partial charge in [-0.15, -0.1) is 6.42 Å². The largest absolute Gasteiger partial charge is 0.464 e. The van der Waals surface area contributed by atoms with Crippen molar-refractivity contribution in [2.75, 3.05) is 72.4 Å². The van der Waals surface area contributed by atoms with Crippen LogP contribution in [0.25, 0.3) is 0 Å². The molecular weight excluding hydrogens is 1010 g/mol. The first-order chi connectivity index (χ1) is 34.7. The third-order valence-corrected chi connectivity index (χ3v) is 9.00. The highest BCUT2D eigenvalue weighted by Gasteiger charge is 2.45. The average molecular weight is 1090 g/mol. The van der Waals surface area contributed by atoms with Crippen LogP contribution < -0.4 is 21.3 Å². The number of esters is 7. The Labute approximate surface area is 444 Å². The van der Waals surface area contributed by atoms with Crippen LogP contribution in [0.2, 0.25) is 0 Å². The molecule has 4 amide bonds. The van der Waals surface area contributed by atoms with Gasteiger partial charge in [0.25, 0.3) is 0 Å². The van der Waals surface area contributed by atoms with E-state index in [0.717, 1.165) is 0 Å². The molecule has 432 valence electrons. The third kappa shape index (κ3) is 32.3. The van der Waals surface area contributed by atoms with Crippen LogP contribution in [0.15, 0.2) is 0 Å². The van der Waals surface area contributed by atoms with Crippen molar-refractivity contribution in [3.8, 4) is 12.3 Å². The molecule has 0 bridgehead atoms. The Morgan fingerprint density at radius 1 is 0.329 bits per heavy atom. The van der Waals surface area contributed by atoms with Gasteiger partial charge >= 0.3 is 66.2 Å². The van der Waals surface area contributed by atoms with Gasteiger partial charge in [0.1, 0.15) is 78.3 Å². The van der Waals surface area contributed by atoms with E-state index < -0.39 is 151 Å². The highest BCUT2D eigenvalue weighted by atomic mass is 16.6. The van der Waals surface area contributed by atoms with Crippen LogP contribution in [-0.4, -0.2) is 161 Å². The summed E-state index contributed by atoms with van der Waals surface area (Å²) in [5.74, 6) is -5.09. The standard InChI is InChI=1S/C50H80N4O22/c1-17-26-66-37(59)50(16,31-71-38(60)48(14,27-67-33(55)18-22-51-40(62)73-44(2,3)4)28-68-34(56)19-23-52-41(63)74-45(5,6)7)32-72-39(61)49(15,29-69-35(57)20-24-53-42(64)75-46(8,9)10)30-70-36(58)21-25-54-43(65)76-47(11,12)13/h1H,18-32H2,2-16H3,(H,51,62)(H,52,63)(H,53,64)(H,54,65). The first-order valence-corrected chi connectivity index (χ1v) is 24.2. The maximum absolute atomic E-state index is 14.0. The van der Waals surface area contributed by atoms with Crippen molar-refractivity contribution in [3.05, 3.63) is 0 Å². The van der Waals surface area contributed by atoms with Crippen LogP contribution in [0.3, 0.4) is 0 Å². The van der Waals surface area contributed by atoms with E-state index in [1.165, 1.54) is 20.8 Å². The zero-order chi connectivity index (χ0) is 58.8. The summed E-state index contributed by atoms with van der Waals surface area (Å²) < 4.78 is 58.2. The molecule has 0 aromatic carbocycles. The summed E-state index contributed by atoms with van der Waals surface area (Å²) in [5.41, 5.74) is -9.37. The Balaban J connectivity index is 6.50. The number of ether oxygens (including phenoxy) is 11. The number of nitrogens with one attached hydrogen (secondary N) is 4. The smallest absolute Gasteiger partial charge is 0.407 e. The topological polar surface area (TPSA) is 337 Å². The third-order valence-electron chi connectivity index (χ3n) is 9.00. The van der Waals surface area contributed by atoms with Crippen LogP contribution in [-0.2, 0) is 85.7 Å². The van der Waals surface area contributed by atoms with Gasteiger partial charge < -0.3 is 73.4 Å². The van der Waals surface area contributed by atoms with E-state index in [1.807, 2.05) is 0 Å². The normalized spacial score (nSPS) is 11.9. The van der Waals surface area contributed by atoms with E-state index in [1.54, 1.807) is 83.1 Å². The van der Waals surface area contributed by atoms with Crippen molar-refractivity contribution in [1.29, 1.82) is 0 Å². The minimum atomic E-state index is -2.08. The minimum Gasteiger partial charge on any atom is -0.464 e. The van der Waals surface area contributed by atoms with Crippen molar-refractivity contribution >= 4 is 66.2 Å². The highest BCUT2D eigenvalue weighted by Crippen LogP contribution is 2.28. The van der Waals surface area contributed by atoms with Crippen molar-refractivity contribution in [2.24, 2.45) is 16.2 Å². The lowest BCUT2D eigenvalue weighted by molar-refractivity contribution is -0.181. The van der Waals surface area contributed by atoms with Gasteiger partial charge in [0.15, 0.2) is 6.61 Å². The van der Waals surface area contributed by atoms with Crippen LogP contribution >= 0.6 is 0 Å². The molecule has 0 unspecified atom stereocenters. The summed E-state index contributed by atoms with van der Waals surface area (Å²) >= 11 is 0. The molecule has 0 saturated carbocycles. The van der Waals surface area contributed by atoms with Gasteiger partial charge in [0.05, 0.1) is 25.7 Å². The van der Waals surface area contributed by atoms with Gasteiger partial charge in [-0.3, -0.25) is 33.6 Å². The molecule has 0 aliphatic heterocycles. The zero-order valence-corrected chi connectivity index (χ0v) is 46.7.